The molecule has 1 aliphatic heterocycles. The fourth-order valence-corrected chi connectivity index (χ4v) is 2.31. The van der Waals surface area contributed by atoms with Crippen molar-refractivity contribution in [2.24, 2.45) is 5.92 Å². The maximum absolute atomic E-state index is 11.8. The lowest BCUT2D eigenvalue weighted by atomic mass is 9.99. The summed E-state index contributed by atoms with van der Waals surface area (Å²) in [6.07, 6.45) is 0.986. The summed E-state index contributed by atoms with van der Waals surface area (Å²) in [4.78, 5) is 21.2. The highest BCUT2D eigenvalue weighted by molar-refractivity contribution is 6.28. The highest BCUT2D eigenvalue weighted by Crippen LogP contribution is 2.29. The van der Waals surface area contributed by atoms with Gasteiger partial charge in [-0.3, -0.25) is 4.90 Å². The van der Waals surface area contributed by atoms with E-state index in [1.165, 1.54) is 6.20 Å². The molecule has 0 aromatic carbocycles. The quantitative estimate of drug-likeness (QED) is 0.762. The number of halogens is 1. The lowest BCUT2D eigenvalue weighted by Crippen LogP contribution is -2.40. The standard InChI is InChI=1S/C11H14ClN3O2/c1-6(2)9-7(3)17-11(16)15(9)8-4-5-13-10(12)14-8/h4-7,9H,1-3H3/t7?,9-/m0/s1. The number of ether oxygens (including phenoxy) is 1. The molecule has 1 fully saturated rings. The molecule has 6 heteroatoms. The summed E-state index contributed by atoms with van der Waals surface area (Å²) in [7, 11) is 0. The molecule has 1 aromatic rings. The molecule has 5 nitrogen and oxygen atoms in total. The number of carbonyl (C=O) groups is 1. The van der Waals surface area contributed by atoms with E-state index in [1.807, 2.05) is 20.8 Å². The van der Waals surface area contributed by atoms with E-state index in [2.05, 4.69) is 9.97 Å². The van der Waals surface area contributed by atoms with E-state index in [4.69, 9.17) is 16.3 Å². The minimum absolute atomic E-state index is 0.0338. The summed E-state index contributed by atoms with van der Waals surface area (Å²) in [5.74, 6) is 0.753. The zero-order valence-electron chi connectivity index (χ0n) is 9.92. The van der Waals surface area contributed by atoms with Crippen molar-refractivity contribution in [3.8, 4) is 0 Å². The molecule has 1 saturated heterocycles. The minimum Gasteiger partial charge on any atom is -0.444 e. The van der Waals surface area contributed by atoms with E-state index in [9.17, 15) is 4.79 Å². The Morgan fingerprint density at radius 1 is 1.53 bits per heavy atom. The first kappa shape index (κ1) is 12.1. The van der Waals surface area contributed by atoms with Crippen molar-refractivity contribution < 1.29 is 9.53 Å². The van der Waals surface area contributed by atoms with Crippen LogP contribution in [0.5, 0.6) is 0 Å². The lowest BCUT2D eigenvalue weighted by molar-refractivity contribution is 0.136. The Morgan fingerprint density at radius 2 is 2.24 bits per heavy atom. The van der Waals surface area contributed by atoms with Gasteiger partial charge in [-0.05, 0) is 30.5 Å². The number of amides is 1. The summed E-state index contributed by atoms with van der Waals surface area (Å²) in [6, 6.07) is 1.62. The van der Waals surface area contributed by atoms with Gasteiger partial charge in [-0.1, -0.05) is 13.8 Å². The van der Waals surface area contributed by atoms with Crippen molar-refractivity contribution in [1.82, 2.24) is 9.97 Å². The lowest BCUT2D eigenvalue weighted by Gasteiger charge is -2.25. The molecule has 1 unspecified atom stereocenters. The molecular formula is C11H14ClN3O2. The third-order valence-corrected chi connectivity index (χ3v) is 2.99. The second-order valence-corrected chi connectivity index (χ2v) is 4.72. The largest absolute Gasteiger partial charge is 0.444 e. The molecule has 0 spiro atoms. The predicted octanol–water partition coefficient (Wildman–Crippen LogP) is 2.50. The first-order valence-electron chi connectivity index (χ1n) is 5.49. The van der Waals surface area contributed by atoms with Crippen molar-refractivity contribution in [3.63, 3.8) is 0 Å². The normalized spacial score (nSPS) is 24.3. The number of rotatable bonds is 2. The monoisotopic (exact) mass is 255 g/mol. The van der Waals surface area contributed by atoms with Gasteiger partial charge in [0.05, 0.1) is 6.04 Å². The van der Waals surface area contributed by atoms with Crippen molar-refractivity contribution in [2.45, 2.75) is 32.9 Å². The second kappa shape index (κ2) is 4.49. The third-order valence-electron chi connectivity index (χ3n) is 2.80. The Bertz CT molecular complexity index is 438. The minimum atomic E-state index is -0.383. The van der Waals surface area contributed by atoms with Gasteiger partial charge in [0.2, 0.25) is 5.28 Å². The summed E-state index contributed by atoms with van der Waals surface area (Å²) in [5.41, 5.74) is 0. The summed E-state index contributed by atoms with van der Waals surface area (Å²) >= 11 is 5.73. The Hall–Kier alpha value is -1.36. The van der Waals surface area contributed by atoms with E-state index in [0.717, 1.165) is 0 Å². The second-order valence-electron chi connectivity index (χ2n) is 4.38. The molecule has 92 valence electrons. The molecule has 1 amide bonds. The van der Waals surface area contributed by atoms with Crippen LogP contribution in [0.4, 0.5) is 10.6 Å². The summed E-state index contributed by atoms with van der Waals surface area (Å²) in [5, 5.41) is 0.123. The van der Waals surface area contributed by atoms with Crippen LogP contribution in [0.3, 0.4) is 0 Å². The molecule has 1 aliphatic rings. The Kier molecular flexibility index (Phi) is 3.19. The first-order chi connectivity index (χ1) is 8.00. The average Bonchev–Trinajstić information content (AvgIpc) is 2.53. The van der Waals surface area contributed by atoms with Gasteiger partial charge in [0.1, 0.15) is 11.9 Å². The third kappa shape index (κ3) is 2.20. The molecular weight excluding hydrogens is 242 g/mol. The molecule has 0 radical (unpaired) electrons. The number of cyclic esters (lactones) is 1. The van der Waals surface area contributed by atoms with Gasteiger partial charge < -0.3 is 4.74 Å². The van der Waals surface area contributed by atoms with Crippen molar-refractivity contribution in [2.75, 3.05) is 4.90 Å². The van der Waals surface area contributed by atoms with E-state index in [0.29, 0.717) is 5.82 Å². The van der Waals surface area contributed by atoms with Crippen LogP contribution in [-0.2, 0) is 4.74 Å². The number of aromatic nitrogens is 2. The van der Waals surface area contributed by atoms with Crippen LogP contribution in [0.25, 0.3) is 0 Å². The molecule has 0 bridgehead atoms. The van der Waals surface area contributed by atoms with Gasteiger partial charge in [-0.15, -0.1) is 0 Å². The van der Waals surface area contributed by atoms with E-state index in [-0.39, 0.29) is 29.4 Å². The average molecular weight is 256 g/mol. The topological polar surface area (TPSA) is 55.3 Å². The Morgan fingerprint density at radius 3 is 2.82 bits per heavy atom. The van der Waals surface area contributed by atoms with Gasteiger partial charge >= 0.3 is 6.09 Å². The molecule has 2 atom stereocenters. The fraction of sp³-hybridized carbons (Fsp3) is 0.545. The number of nitrogens with zero attached hydrogens (tertiary/aromatic N) is 3. The first-order valence-corrected chi connectivity index (χ1v) is 5.87. The maximum Gasteiger partial charge on any atom is 0.416 e. The SMILES string of the molecule is CC(C)[C@H]1C(C)OC(=O)N1c1ccnc(Cl)n1. The number of carbonyl (C=O) groups excluding carboxylic acids is 1. The summed E-state index contributed by atoms with van der Waals surface area (Å²) < 4.78 is 5.23. The van der Waals surface area contributed by atoms with Gasteiger partial charge in [0, 0.05) is 6.20 Å². The number of hydrogen-bond donors (Lipinski definition) is 0. The molecule has 0 aliphatic carbocycles. The van der Waals surface area contributed by atoms with Crippen LogP contribution in [-0.4, -0.2) is 28.2 Å². The van der Waals surface area contributed by atoms with Crippen molar-refractivity contribution in [3.05, 3.63) is 17.5 Å². The van der Waals surface area contributed by atoms with E-state index in [1.54, 1.807) is 11.0 Å². The number of hydrogen-bond acceptors (Lipinski definition) is 4. The van der Waals surface area contributed by atoms with Crippen LogP contribution in [0.15, 0.2) is 12.3 Å². The molecule has 0 N–H and O–H groups in total. The molecule has 0 saturated carbocycles. The van der Waals surface area contributed by atoms with Crippen LogP contribution in [0.2, 0.25) is 5.28 Å². The van der Waals surface area contributed by atoms with Gasteiger partial charge in [0.15, 0.2) is 0 Å². The Labute approximate surface area is 105 Å². The van der Waals surface area contributed by atoms with Crippen molar-refractivity contribution in [1.29, 1.82) is 0 Å². The van der Waals surface area contributed by atoms with Gasteiger partial charge in [-0.2, -0.15) is 0 Å². The van der Waals surface area contributed by atoms with Gasteiger partial charge in [-0.25, -0.2) is 14.8 Å². The van der Waals surface area contributed by atoms with Crippen molar-refractivity contribution >= 4 is 23.5 Å². The Balaban J connectivity index is 2.38. The maximum atomic E-state index is 11.8. The van der Waals surface area contributed by atoms with Crippen LogP contribution < -0.4 is 4.90 Å². The molecule has 2 heterocycles. The zero-order valence-corrected chi connectivity index (χ0v) is 10.7. The van der Waals surface area contributed by atoms with Crippen LogP contribution in [0.1, 0.15) is 20.8 Å². The van der Waals surface area contributed by atoms with Gasteiger partial charge in [0.25, 0.3) is 0 Å². The predicted molar refractivity (Wildman–Crippen MR) is 64.1 cm³/mol. The smallest absolute Gasteiger partial charge is 0.416 e. The van der Waals surface area contributed by atoms with Crippen LogP contribution >= 0.6 is 11.6 Å². The molecule has 17 heavy (non-hydrogen) atoms. The fourth-order valence-electron chi connectivity index (χ4n) is 2.16. The number of anilines is 1. The summed E-state index contributed by atoms with van der Waals surface area (Å²) in [6.45, 7) is 5.96. The highest BCUT2D eigenvalue weighted by atomic mass is 35.5. The van der Waals surface area contributed by atoms with E-state index >= 15 is 0 Å². The van der Waals surface area contributed by atoms with E-state index < -0.39 is 0 Å². The van der Waals surface area contributed by atoms with Crippen LogP contribution in [0, 0.1) is 5.92 Å². The molecule has 2 rings (SSSR count). The zero-order chi connectivity index (χ0) is 12.6. The molecule has 1 aromatic heterocycles. The highest BCUT2D eigenvalue weighted by Gasteiger charge is 2.42.